The van der Waals surface area contributed by atoms with E-state index in [1.165, 1.54) is 23.9 Å². The molecule has 0 radical (unpaired) electrons. The third kappa shape index (κ3) is 2.95. The van der Waals surface area contributed by atoms with Crippen molar-refractivity contribution in [1.29, 1.82) is 0 Å². The highest BCUT2D eigenvalue weighted by molar-refractivity contribution is 6.20. The van der Waals surface area contributed by atoms with Gasteiger partial charge in [0, 0.05) is 18.6 Å². The highest BCUT2D eigenvalue weighted by Crippen LogP contribution is 2.29. The molecule has 2 unspecified atom stereocenters. The summed E-state index contributed by atoms with van der Waals surface area (Å²) in [7, 11) is 2.23. The summed E-state index contributed by atoms with van der Waals surface area (Å²) in [5.41, 5.74) is 3.49. The van der Waals surface area contributed by atoms with Crippen LogP contribution in [0.3, 0.4) is 0 Å². The molecule has 1 aliphatic rings. The maximum absolute atomic E-state index is 6.36. The van der Waals surface area contributed by atoms with Crippen LogP contribution in [0.2, 0.25) is 0 Å². The first-order chi connectivity index (χ1) is 9.97. The molecule has 0 saturated heterocycles. The molecule has 2 atom stereocenters. The molecule has 0 spiro atoms. The van der Waals surface area contributed by atoms with Gasteiger partial charge in [0.2, 0.25) is 0 Å². The minimum absolute atomic E-state index is 0.0730. The Balaban J connectivity index is 1.96. The van der Waals surface area contributed by atoms with Gasteiger partial charge in [-0.1, -0.05) is 6.07 Å². The standard InChI is InChI=1S/C17H24ClN3/c1-11-5-8-16-15(9-11)19-17(13(3)18)21(16)10-12(2)20(4)14-6-7-14/h5,8-9,12-14H,6-7,10H2,1-4H3. The Hall–Kier alpha value is -1.06. The summed E-state index contributed by atoms with van der Waals surface area (Å²) >= 11 is 6.36. The van der Waals surface area contributed by atoms with Crippen LogP contribution >= 0.6 is 11.6 Å². The third-order valence-corrected chi connectivity index (χ3v) is 4.75. The molecular weight excluding hydrogens is 282 g/mol. The molecule has 0 aliphatic heterocycles. The van der Waals surface area contributed by atoms with Crippen LogP contribution in [-0.4, -0.2) is 33.6 Å². The van der Waals surface area contributed by atoms with E-state index in [4.69, 9.17) is 16.6 Å². The first-order valence-corrected chi connectivity index (χ1v) is 8.24. The number of imidazole rings is 1. The van der Waals surface area contributed by atoms with Crippen molar-refractivity contribution in [3.05, 3.63) is 29.6 Å². The Morgan fingerprint density at radius 2 is 2.10 bits per heavy atom. The molecule has 1 fully saturated rings. The van der Waals surface area contributed by atoms with Gasteiger partial charge in [-0.3, -0.25) is 4.90 Å². The van der Waals surface area contributed by atoms with Crippen LogP contribution in [0.25, 0.3) is 11.0 Å². The highest BCUT2D eigenvalue weighted by Gasteiger charge is 2.30. The van der Waals surface area contributed by atoms with Gasteiger partial charge in [0.05, 0.1) is 16.4 Å². The minimum atomic E-state index is -0.0730. The number of hydrogen-bond donors (Lipinski definition) is 0. The van der Waals surface area contributed by atoms with E-state index in [-0.39, 0.29) is 5.38 Å². The Labute approximate surface area is 131 Å². The smallest absolute Gasteiger partial charge is 0.127 e. The first-order valence-electron chi connectivity index (χ1n) is 7.80. The van der Waals surface area contributed by atoms with Crippen molar-refractivity contribution in [1.82, 2.24) is 14.5 Å². The molecule has 2 aromatic rings. The molecule has 4 heteroatoms. The largest absolute Gasteiger partial charge is 0.325 e. The SMILES string of the molecule is Cc1ccc2c(c1)nc(C(C)Cl)n2CC(C)N(C)C1CC1. The molecule has 1 heterocycles. The van der Waals surface area contributed by atoms with E-state index < -0.39 is 0 Å². The van der Waals surface area contributed by atoms with Crippen molar-refractivity contribution in [2.45, 2.75) is 57.6 Å². The van der Waals surface area contributed by atoms with Gasteiger partial charge in [-0.25, -0.2) is 4.98 Å². The Bertz CT molecular complexity index is 643. The van der Waals surface area contributed by atoms with Crippen molar-refractivity contribution < 1.29 is 0 Å². The maximum Gasteiger partial charge on any atom is 0.127 e. The van der Waals surface area contributed by atoms with Gasteiger partial charge in [0.1, 0.15) is 5.82 Å². The second-order valence-electron chi connectivity index (χ2n) is 6.43. The van der Waals surface area contributed by atoms with Crippen molar-refractivity contribution in [2.75, 3.05) is 7.05 Å². The third-order valence-electron chi connectivity index (χ3n) is 4.55. The van der Waals surface area contributed by atoms with E-state index in [0.717, 1.165) is 23.9 Å². The first kappa shape index (κ1) is 14.9. The lowest BCUT2D eigenvalue weighted by Crippen LogP contribution is -2.34. The fourth-order valence-corrected chi connectivity index (χ4v) is 3.16. The lowest BCUT2D eigenvalue weighted by atomic mass is 10.2. The van der Waals surface area contributed by atoms with Crippen LogP contribution in [0.15, 0.2) is 18.2 Å². The van der Waals surface area contributed by atoms with Crippen molar-refractivity contribution in [3.63, 3.8) is 0 Å². The molecule has 1 saturated carbocycles. The Kier molecular flexibility index (Phi) is 3.98. The maximum atomic E-state index is 6.36. The zero-order chi connectivity index (χ0) is 15.1. The van der Waals surface area contributed by atoms with Gasteiger partial charge >= 0.3 is 0 Å². The lowest BCUT2D eigenvalue weighted by Gasteiger charge is -2.26. The van der Waals surface area contributed by atoms with E-state index in [2.05, 4.69) is 48.6 Å². The second kappa shape index (κ2) is 5.62. The van der Waals surface area contributed by atoms with E-state index in [1.807, 2.05) is 6.92 Å². The van der Waals surface area contributed by atoms with E-state index in [1.54, 1.807) is 0 Å². The van der Waals surface area contributed by atoms with Crippen LogP contribution in [0.5, 0.6) is 0 Å². The van der Waals surface area contributed by atoms with Gasteiger partial charge in [0.15, 0.2) is 0 Å². The minimum Gasteiger partial charge on any atom is -0.325 e. The highest BCUT2D eigenvalue weighted by atomic mass is 35.5. The molecule has 3 rings (SSSR count). The van der Waals surface area contributed by atoms with Crippen LogP contribution in [-0.2, 0) is 6.54 Å². The zero-order valence-electron chi connectivity index (χ0n) is 13.3. The summed E-state index contributed by atoms with van der Waals surface area (Å²) in [5, 5.41) is -0.0730. The molecule has 0 amide bonds. The predicted molar refractivity (Wildman–Crippen MR) is 89.0 cm³/mol. The van der Waals surface area contributed by atoms with Crippen LogP contribution < -0.4 is 0 Å². The quantitative estimate of drug-likeness (QED) is 0.775. The molecule has 0 bridgehead atoms. The summed E-state index contributed by atoms with van der Waals surface area (Å²) < 4.78 is 2.30. The van der Waals surface area contributed by atoms with Crippen molar-refractivity contribution in [3.8, 4) is 0 Å². The molecule has 1 aliphatic carbocycles. The summed E-state index contributed by atoms with van der Waals surface area (Å²) in [5.74, 6) is 0.980. The van der Waals surface area contributed by atoms with Crippen LogP contribution in [0, 0.1) is 6.92 Å². The average molecular weight is 306 g/mol. The predicted octanol–water partition coefficient (Wildman–Crippen LogP) is 4.13. The van der Waals surface area contributed by atoms with Crippen LogP contribution in [0.1, 0.15) is 43.5 Å². The molecule has 1 aromatic carbocycles. The van der Waals surface area contributed by atoms with Crippen molar-refractivity contribution in [2.24, 2.45) is 0 Å². The summed E-state index contributed by atoms with van der Waals surface area (Å²) in [6.45, 7) is 7.34. The molecule has 114 valence electrons. The number of likely N-dealkylation sites (N-methyl/N-ethyl adjacent to an activating group) is 1. The van der Waals surface area contributed by atoms with Gasteiger partial charge in [0.25, 0.3) is 0 Å². The molecule has 3 nitrogen and oxygen atoms in total. The Morgan fingerprint density at radius 1 is 1.38 bits per heavy atom. The molecule has 1 aromatic heterocycles. The number of alkyl halides is 1. The fourth-order valence-electron chi connectivity index (χ4n) is 2.99. The average Bonchev–Trinajstić information content (AvgIpc) is 3.21. The second-order valence-corrected chi connectivity index (χ2v) is 7.09. The number of nitrogens with zero attached hydrogens (tertiary/aromatic N) is 3. The van der Waals surface area contributed by atoms with Gasteiger partial charge < -0.3 is 4.57 Å². The monoisotopic (exact) mass is 305 g/mol. The number of aryl methyl sites for hydroxylation is 1. The number of aromatic nitrogens is 2. The number of fused-ring (bicyclic) bond motifs is 1. The number of rotatable bonds is 5. The summed E-state index contributed by atoms with van der Waals surface area (Å²) in [6, 6.07) is 7.73. The van der Waals surface area contributed by atoms with Crippen molar-refractivity contribution >= 4 is 22.6 Å². The molecule has 21 heavy (non-hydrogen) atoms. The van der Waals surface area contributed by atoms with Gasteiger partial charge in [-0.05, 0) is 58.4 Å². The summed E-state index contributed by atoms with van der Waals surface area (Å²) in [4.78, 5) is 7.25. The summed E-state index contributed by atoms with van der Waals surface area (Å²) in [6.07, 6.45) is 2.67. The number of benzene rings is 1. The number of halogens is 1. The number of hydrogen-bond acceptors (Lipinski definition) is 2. The van der Waals surface area contributed by atoms with Crippen LogP contribution in [0.4, 0.5) is 0 Å². The lowest BCUT2D eigenvalue weighted by molar-refractivity contribution is 0.226. The topological polar surface area (TPSA) is 21.1 Å². The van der Waals surface area contributed by atoms with E-state index >= 15 is 0 Å². The zero-order valence-corrected chi connectivity index (χ0v) is 14.1. The molecular formula is C17H24ClN3. The van der Waals surface area contributed by atoms with E-state index in [9.17, 15) is 0 Å². The van der Waals surface area contributed by atoms with E-state index in [0.29, 0.717) is 6.04 Å². The fraction of sp³-hybridized carbons (Fsp3) is 0.588. The Morgan fingerprint density at radius 3 is 2.71 bits per heavy atom. The van der Waals surface area contributed by atoms with Gasteiger partial charge in [-0.15, -0.1) is 11.6 Å². The normalized spacial score (nSPS) is 18.4. The molecule has 0 N–H and O–H groups in total. The van der Waals surface area contributed by atoms with Gasteiger partial charge in [-0.2, -0.15) is 0 Å².